The van der Waals surface area contributed by atoms with Gasteiger partial charge in [0.15, 0.2) is 0 Å². The van der Waals surface area contributed by atoms with Gasteiger partial charge in [-0.15, -0.1) is 0 Å². The fourth-order valence-electron chi connectivity index (χ4n) is 0.536. The van der Waals surface area contributed by atoms with E-state index in [1.807, 2.05) is 0 Å². The number of hydrogen-bond donors (Lipinski definition) is 2. The minimum Gasteiger partial charge on any atom is -0.394 e. The molecule has 0 aliphatic heterocycles. The van der Waals surface area contributed by atoms with E-state index >= 15 is 0 Å². The van der Waals surface area contributed by atoms with Crippen LogP contribution >= 0.6 is 0 Å². The summed E-state index contributed by atoms with van der Waals surface area (Å²) < 4.78 is 0. The molecule has 0 bridgehead atoms. The fourth-order valence-corrected chi connectivity index (χ4v) is 0.536. The lowest BCUT2D eigenvalue weighted by atomic mass is 10.3. The van der Waals surface area contributed by atoms with Crippen LogP contribution in [0.4, 0.5) is 0 Å². The van der Waals surface area contributed by atoms with E-state index in [1.165, 1.54) is 0 Å². The summed E-state index contributed by atoms with van der Waals surface area (Å²) in [4.78, 5) is 9.85. The number of rotatable bonds is 7. The Morgan fingerprint density at radius 3 is 2.91 bits per heavy atom. The van der Waals surface area contributed by atoms with Gasteiger partial charge in [0.05, 0.1) is 13.2 Å². The number of nitrogens with one attached hydrogen (secondary N) is 1. The maximum atomic E-state index is 9.85. The first-order valence-electron chi connectivity index (χ1n) is 3.70. The van der Waals surface area contributed by atoms with Crippen molar-refractivity contribution >= 4 is 12.5 Å². The molecular formula is C7H14N2O2. The number of nitrogens with zero attached hydrogens (tertiary/aromatic N) is 1. The van der Waals surface area contributed by atoms with Crippen molar-refractivity contribution in [3.05, 3.63) is 0 Å². The highest BCUT2D eigenvalue weighted by Gasteiger charge is 1.81. The second-order valence-electron chi connectivity index (χ2n) is 2.04. The summed E-state index contributed by atoms with van der Waals surface area (Å²) in [6, 6.07) is 0. The summed E-state index contributed by atoms with van der Waals surface area (Å²) in [5, 5.41) is 12.1. The molecule has 4 heteroatoms. The molecule has 0 saturated carbocycles. The Labute approximate surface area is 66.3 Å². The van der Waals surface area contributed by atoms with Gasteiger partial charge in [-0.2, -0.15) is 5.10 Å². The zero-order valence-corrected chi connectivity index (χ0v) is 6.49. The fraction of sp³-hybridized carbons (Fsp3) is 0.714. The number of aliphatic hydroxyl groups excluding tert-OH is 1. The van der Waals surface area contributed by atoms with Gasteiger partial charge in [-0.3, -0.25) is 0 Å². The highest BCUT2D eigenvalue weighted by molar-refractivity contribution is 5.58. The summed E-state index contributed by atoms with van der Waals surface area (Å²) >= 11 is 0. The van der Waals surface area contributed by atoms with E-state index in [0.717, 1.165) is 19.1 Å². The van der Waals surface area contributed by atoms with Crippen molar-refractivity contribution in [1.29, 1.82) is 0 Å². The lowest BCUT2D eigenvalue weighted by Gasteiger charge is -1.93. The molecule has 64 valence electrons. The molecule has 0 saturated heterocycles. The van der Waals surface area contributed by atoms with E-state index in [9.17, 15) is 4.79 Å². The number of aldehydes is 1. The van der Waals surface area contributed by atoms with Crippen molar-refractivity contribution in [2.45, 2.75) is 19.3 Å². The average molecular weight is 158 g/mol. The van der Waals surface area contributed by atoms with Crippen LogP contribution in [0.1, 0.15) is 19.3 Å². The highest BCUT2D eigenvalue weighted by Crippen LogP contribution is 1.87. The van der Waals surface area contributed by atoms with Gasteiger partial charge in [0.1, 0.15) is 6.29 Å². The van der Waals surface area contributed by atoms with Crippen molar-refractivity contribution in [3.8, 4) is 0 Å². The second-order valence-corrected chi connectivity index (χ2v) is 2.04. The van der Waals surface area contributed by atoms with Gasteiger partial charge in [0, 0.05) is 12.6 Å². The topological polar surface area (TPSA) is 61.7 Å². The predicted octanol–water partition coefficient (Wildman–Crippen LogP) is -0.0767. The Bertz CT molecular complexity index is 115. The summed E-state index contributed by atoms with van der Waals surface area (Å²) in [6.45, 7) is 0.565. The molecule has 0 radical (unpaired) electrons. The third-order valence-corrected chi connectivity index (χ3v) is 1.06. The summed E-state index contributed by atoms with van der Waals surface area (Å²) in [5.41, 5.74) is 2.64. The Balaban J connectivity index is 2.97. The molecular weight excluding hydrogens is 144 g/mol. The average Bonchev–Trinajstić information content (AvgIpc) is 2.03. The monoisotopic (exact) mass is 158 g/mol. The van der Waals surface area contributed by atoms with Crippen LogP contribution in [-0.2, 0) is 4.79 Å². The third-order valence-electron chi connectivity index (χ3n) is 1.06. The van der Waals surface area contributed by atoms with Gasteiger partial charge in [-0.05, 0) is 12.8 Å². The van der Waals surface area contributed by atoms with E-state index in [2.05, 4.69) is 10.5 Å². The van der Waals surface area contributed by atoms with Gasteiger partial charge >= 0.3 is 0 Å². The van der Waals surface area contributed by atoms with E-state index < -0.39 is 0 Å². The molecule has 11 heavy (non-hydrogen) atoms. The van der Waals surface area contributed by atoms with E-state index in [1.54, 1.807) is 6.21 Å². The van der Waals surface area contributed by atoms with Crippen LogP contribution in [-0.4, -0.2) is 30.8 Å². The lowest BCUT2D eigenvalue weighted by Crippen LogP contribution is -2.10. The van der Waals surface area contributed by atoms with E-state index in [4.69, 9.17) is 5.11 Å². The first kappa shape index (κ1) is 10.1. The van der Waals surface area contributed by atoms with Crippen molar-refractivity contribution in [1.82, 2.24) is 5.43 Å². The molecule has 0 aromatic heterocycles. The first-order chi connectivity index (χ1) is 5.41. The van der Waals surface area contributed by atoms with Gasteiger partial charge in [-0.25, -0.2) is 0 Å². The number of unbranched alkanes of at least 4 members (excludes halogenated alkanes) is 2. The maximum Gasteiger partial charge on any atom is 0.120 e. The standard InChI is InChI=1S/C7H14N2O2/c10-6-3-1-2-4-8-9-5-7-11/h4,6,9,11H,1-3,5,7H2. The molecule has 0 aliphatic carbocycles. The van der Waals surface area contributed by atoms with Crippen LogP contribution in [0.5, 0.6) is 0 Å². The molecule has 0 aromatic rings. The van der Waals surface area contributed by atoms with Crippen molar-refractivity contribution < 1.29 is 9.90 Å². The SMILES string of the molecule is O=CCCCC=NNCCO. The largest absolute Gasteiger partial charge is 0.394 e. The Morgan fingerprint density at radius 2 is 2.27 bits per heavy atom. The minimum absolute atomic E-state index is 0.0890. The molecule has 2 N–H and O–H groups in total. The number of hydrogen-bond acceptors (Lipinski definition) is 4. The third kappa shape index (κ3) is 9.10. The van der Waals surface area contributed by atoms with E-state index in [0.29, 0.717) is 13.0 Å². The van der Waals surface area contributed by atoms with E-state index in [-0.39, 0.29) is 6.61 Å². The molecule has 0 spiro atoms. The number of carbonyl (C=O) groups is 1. The number of carbonyl (C=O) groups excluding carboxylic acids is 1. The van der Waals surface area contributed by atoms with Crippen molar-refractivity contribution in [2.75, 3.05) is 13.2 Å². The van der Waals surface area contributed by atoms with Crippen LogP contribution in [0, 0.1) is 0 Å². The Kier molecular flexibility index (Phi) is 8.36. The zero-order valence-electron chi connectivity index (χ0n) is 6.49. The molecule has 0 aromatic carbocycles. The maximum absolute atomic E-state index is 9.85. The molecule has 4 nitrogen and oxygen atoms in total. The summed E-state index contributed by atoms with van der Waals surface area (Å²) in [6.07, 6.45) is 4.84. The van der Waals surface area contributed by atoms with Crippen molar-refractivity contribution in [2.24, 2.45) is 5.10 Å². The summed E-state index contributed by atoms with van der Waals surface area (Å²) in [5.74, 6) is 0. The first-order valence-corrected chi connectivity index (χ1v) is 3.70. The number of aliphatic hydroxyl groups is 1. The Morgan fingerprint density at radius 1 is 1.45 bits per heavy atom. The van der Waals surface area contributed by atoms with Gasteiger partial charge in [-0.1, -0.05) is 0 Å². The highest BCUT2D eigenvalue weighted by atomic mass is 16.3. The molecule has 0 fully saturated rings. The summed E-state index contributed by atoms with van der Waals surface area (Å²) in [7, 11) is 0. The molecule has 0 amide bonds. The molecule has 0 rings (SSSR count). The molecule has 0 unspecified atom stereocenters. The normalized spacial score (nSPS) is 10.3. The lowest BCUT2D eigenvalue weighted by molar-refractivity contribution is -0.107. The predicted molar refractivity (Wildman–Crippen MR) is 43.5 cm³/mol. The smallest absolute Gasteiger partial charge is 0.120 e. The zero-order chi connectivity index (χ0) is 8.36. The van der Waals surface area contributed by atoms with Gasteiger partial charge in [0.25, 0.3) is 0 Å². The quantitative estimate of drug-likeness (QED) is 0.236. The second kappa shape index (κ2) is 9.10. The number of hydrazone groups is 1. The molecule has 0 heterocycles. The van der Waals surface area contributed by atoms with Crippen LogP contribution in [0.3, 0.4) is 0 Å². The minimum atomic E-state index is 0.0890. The van der Waals surface area contributed by atoms with Crippen LogP contribution in [0.15, 0.2) is 5.10 Å². The van der Waals surface area contributed by atoms with Crippen molar-refractivity contribution in [3.63, 3.8) is 0 Å². The van der Waals surface area contributed by atoms with Crippen LogP contribution in [0.2, 0.25) is 0 Å². The Hall–Kier alpha value is -0.900. The van der Waals surface area contributed by atoms with Crippen LogP contribution < -0.4 is 5.43 Å². The van der Waals surface area contributed by atoms with Gasteiger partial charge < -0.3 is 15.3 Å². The molecule has 0 aliphatic rings. The van der Waals surface area contributed by atoms with Gasteiger partial charge in [0.2, 0.25) is 0 Å². The van der Waals surface area contributed by atoms with Crippen LogP contribution in [0.25, 0.3) is 0 Å². The molecule has 0 atom stereocenters.